The highest BCUT2D eigenvalue weighted by Crippen LogP contribution is 2.25. The summed E-state index contributed by atoms with van der Waals surface area (Å²) >= 11 is 6.64. The zero-order valence-electron chi connectivity index (χ0n) is 7.50. The molecule has 14 heavy (non-hydrogen) atoms. The van der Waals surface area contributed by atoms with Crippen LogP contribution >= 0.6 is 31.9 Å². The molecule has 2 N–H and O–H groups in total. The summed E-state index contributed by atoms with van der Waals surface area (Å²) in [5.74, 6) is 0.302. The van der Waals surface area contributed by atoms with Crippen LogP contribution in [0.25, 0.3) is 0 Å². The number of carbonyl (C=O) groups excluding carboxylic acids is 1. The Kier molecular flexibility index (Phi) is 3.88. The van der Waals surface area contributed by atoms with E-state index in [0.717, 1.165) is 8.95 Å². The first kappa shape index (κ1) is 11.5. The Labute approximate surface area is 98.7 Å². The van der Waals surface area contributed by atoms with Gasteiger partial charge in [0.25, 0.3) is 0 Å². The highest BCUT2D eigenvalue weighted by atomic mass is 79.9. The highest BCUT2D eigenvalue weighted by molar-refractivity contribution is 9.11. The van der Waals surface area contributed by atoms with Crippen LogP contribution in [0.3, 0.4) is 0 Å². The topological polar surface area (TPSA) is 59.2 Å². The summed E-state index contributed by atoms with van der Waals surface area (Å²) in [6.07, 6.45) is 1.66. The van der Waals surface area contributed by atoms with Crippen LogP contribution in [0.4, 0.5) is 5.82 Å². The fourth-order valence-electron chi connectivity index (χ4n) is 0.997. The summed E-state index contributed by atoms with van der Waals surface area (Å²) in [5, 5.41) is 0. The first-order valence-electron chi connectivity index (χ1n) is 3.81. The maximum absolute atomic E-state index is 10.7. The number of carbonyl (C=O) groups is 1. The minimum Gasteiger partial charge on any atom is -0.368 e. The third-order valence-electron chi connectivity index (χ3n) is 1.54. The van der Waals surface area contributed by atoms with Gasteiger partial charge in [-0.05, 0) is 37.9 Å². The van der Waals surface area contributed by atoms with Gasteiger partial charge in [-0.15, -0.1) is 0 Å². The number of nitrogens with two attached hydrogens (primary N) is 1. The highest BCUT2D eigenvalue weighted by Gasteiger charge is 2.09. The Morgan fingerprint density at radius 3 is 2.79 bits per heavy atom. The summed E-state index contributed by atoms with van der Waals surface area (Å²) < 4.78 is 1.69. The Balaban J connectivity index is 2.90. The summed E-state index contributed by atoms with van der Waals surface area (Å²) in [6, 6.07) is 1.86. The standard InChI is InChI=1S/C8H9Br2N3O/c1-13(4-7(11)14)8-6(10)2-5(9)3-12-8/h2-3H,4H2,1H3,(H2,11,14). The van der Waals surface area contributed by atoms with E-state index in [1.807, 2.05) is 6.07 Å². The van der Waals surface area contributed by atoms with Gasteiger partial charge in [0.15, 0.2) is 0 Å². The average molecular weight is 323 g/mol. The van der Waals surface area contributed by atoms with Crippen molar-refractivity contribution in [3.05, 3.63) is 21.2 Å². The number of nitrogens with zero attached hydrogens (tertiary/aromatic N) is 2. The minimum absolute atomic E-state index is 0.146. The van der Waals surface area contributed by atoms with Gasteiger partial charge < -0.3 is 10.6 Å². The van der Waals surface area contributed by atoms with E-state index in [4.69, 9.17) is 5.73 Å². The number of pyridine rings is 1. The molecule has 0 saturated carbocycles. The molecule has 1 rings (SSSR count). The largest absolute Gasteiger partial charge is 0.368 e. The molecular formula is C8H9Br2N3O. The number of likely N-dealkylation sites (N-methyl/N-ethyl adjacent to an activating group) is 1. The second kappa shape index (κ2) is 4.75. The number of hydrogen-bond donors (Lipinski definition) is 1. The molecule has 4 nitrogen and oxygen atoms in total. The zero-order valence-corrected chi connectivity index (χ0v) is 10.7. The van der Waals surface area contributed by atoms with Gasteiger partial charge in [-0.25, -0.2) is 4.98 Å². The smallest absolute Gasteiger partial charge is 0.236 e. The fraction of sp³-hybridized carbons (Fsp3) is 0.250. The Morgan fingerprint density at radius 1 is 1.64 bits per heavy atom. The molecular weight excluding hydrogens is 314 g/mol. The molecule has 1 amide bonds. The quantitative estimate of drug-likeness (QED) is 0.918. The third kappa shape index (κ3) is 2.95. The van der Waals surface area contributed by atoms with Crippen molar-refractivity contribution in [3.8, 4) is 0 Å². The van der Waals surface area contributed by atoms with Gasteiger partial charge in [0, 0.05) is 17.7 Å². The summed E-state index contributed by atoms with van der Waals surface area (Å²) in [4.78, 5) is 16.5. The molecule has 1 aromatic heterocycles. The van der Waals surface area contributed by atoms with Gasteiger partial charge in [0.05, 0.1) is 11.0 Å². The number of anilines is 1. The molecule has 0 saturated heterocycles. The van der Waals surface area contributed by atoms with Gasteiger partial charge in [-0.1, -0.05) is 0 Å². The predicted molar refractivity (Wildman–Crippen MR) is 62.1 cm³/mol. The van der Waals surface area contributed by atoms with Crippen molar-refractivity contribution in [2.75, 3.05) is 18.5 Å². The van der Waals surface area contributed by atoms with E-state index in [2.05, 4.69) is 36.8 Å². The minimum atomic E-state index is -0.385. The van der Waals surface area contributed by atoms with Crippen LogP contribution in [0.2, 0.25) is 0 Å². The van der Waals surface area contributed by atoms with E-state index < -0.39 is 0 Å². The van der Waals surface area contributed by atoms with Crippen molar-refractivity contribution in [2.45, 2.75) is 0 Å². The van der Waals surface area contributed by atoms with E-state index in [9.17, 15) is 4.79 Å². The van der Waals surface area contributed by atoms with Gasteiger partial charge in [0.1, 0.15) is 5.82 Å². The van der Waals surface area contributed by atoms with E-state index in [1.54, 1.807) is 18.1 Å². The number of halogens is 2. The maximum Gasteiger partial charge on any atom is 0.236 e. The van der Waals surface area contributed by atoms with E-state index in [-0.39, 0.29) is 12.5 Å². The van der Waals surface area contributed by atoms with Crippen LogP contribution in [-0.4, -0.2) is 24.5 Å². The molecule has 0 aromatic carbocycles. The molecule has 0 aliphatic carbocycles. The number of rotatable bonds is 3. The monoisotopic (exact) mass is 321 g/mol. The van der Waals surface area contributed by atoms with E-state index >= 15 is 0 Å². The van der Waals surface area contributed by atoms with Gasteiger partial charge in [-0.2, -0.15) is 0 Å². The number of amides is 1. The molecule has 0 atom stereocenters. The Morgan fingerprint density at radius 2 is 2.29 bits per heavy atom. The van der Waals surface area contributed by atoms with Crippen molar-refractivity contribution in [1.82, 2.24) is 4.98 Å². The van der Waals surface area contributed by atoms with Crippen LogP contribution in [0.5, 0.6) is 0 Å². The van der Waals surface area contributed by atoms with Crippen LogP contribution < -0.4 is 10.6 Å². The average Bonchev–Trinajstić information content (AvgIpc) is 2.01. The van der Waals surface area contributed by atoms with Crippen LogP contribution in [0, 0.1) is 0 Å². The normalized spacial score (nSPS) is 9.93. The van der Waals surface area contributed by atoms with Crippen LogP contribution in [0.15, 0.2) is 21.2 Å². The Bertz CT molecular complexity index is 356. The lowest BCUT2D eigenvalue weighted by atomic mass is 10.4. The molecule has 0 spiro atoms. The molecule has 1 aromatic rings. The second-order valence-electron chi connectivity index (χ2n) is 2.78. The SMILES string of the molecule is CN(CC(N)=O)c1ncc(Br)cc1Br. The lowest BCUT2D eigenvalue weighted by Crippen LogP contribution is -2.31. The van der Waals surface area contributed by atoms with Crippen molar-refractivity contribution in [3.63, 3.8) is 0 Å². The Hall–Kier alpha value is -0.620. The van der Waals surface area contributed by atoms with Crippen LogP contribution in [0.1, 0.15) is 0 Å². The fourth-order valence-corrected chi connectivity index (χ4v) is 2.29. The van der Waals surface area contributed by atoms with Gasteiger partial charge >= 0.3 is 0 Å². The van der Waals surface area contributed by atoms with Crippen LogP contribution in [-0.2, 0) is 4.79 Å². The lowest BCUT2D eigenvalue weighted by molar-refractivity contribution is -0.116. The summed E-state index contributed by atoms with van der Waals surface area (Å²) in [7, 11) is 1.76. The second-order valence-corrected chi connectivity index (χ2v) is 4.55. The predicted octanol–water partition coefficient (Wildman–Crippen LogP) is 1.53. The van der Waals surface area contributed by atoms with Crippen molar-refractivity contribution >= 4 is 43.6 Å². The molecule has 0 unspecified atom stereocenters. The van der Waals surface area contributed by atoms with Gasteiger partial charge in [0.2, 0.25) is 5.91 Å². The molecule has 0 aliphatic heterocycles. The maximum atomic E-state index is 10.7. The molecule has 1 heterocycles. The number of hydrogen-bond acceptors (Lipinski definition) is 3. The summed E-state index contributed by atoms with van der Waals surface area (Å²) in [6.45, 7) is 0.146. The molecule has 0 bridgehead atoms. The van der Waals surface area contributed by atoms with Crippen molar-refractivity contribution in [1.29, 1.82) is 0 Å². The number of primary amides is 1. The van der Waals surface area contributed by atoms with E-state index in [0.29, 0.717) is 5.82 Å². The lowest BCUT2D eigenvalue weighted by Gasteiger charge is -2.17. The third-order valence-corrected chi connectivity index (χ3v) is 2.56. The van der Waals surface area contributed by atoms with E-state index in [1.165, 1.54) is 0 Å². The first-order valence-corrected chi connectivity index (χ1v) is 5.40. The zero-order chi connectivity index (χ0) is 10.7. The van der Waals surface area contributed by atoms with Crippen molar-refractivity contribution in [2.24, 2.45) is 5.73 Å². The molecule has 6 heteroatoms. The van der Waals surface area contributed by atoms with Gasteiger partial charge in [-0.3, -0.25) is 4.79 Å². The molecule has 0 fully saturated rings. The molecule has 0 aliphatic rings. The summed E-state index contributed by atoms with van der Waals surface area (Å²) in [5.41, 5.74) is 5.08. The first-order chi connectivity index (χ1) is 6.50. The molecule has 76 valence electrons. The van der Waals surface area contributed by atoms with Crippen molar-refractivity contribution < 1.29 is 4.79 Å². The number of aromatic nitrogens is 1. The molecule has 0 radical (unpaired) electrons.